The van der Waals surface area contributed by atoms with Crippen molar-refractivity contribution in [1.82, 2.24) is 0 Å². The average Bonchev–Trinajstić information content (AvgIpc) is 2.40. The van der Waals surface area contributed by atoms with Crippen LogP contribution in [0.25, 0.3) is 11.0 Å². The second-order valence-electron chi connectivity index (χ2n) is 4.04. The van der Waals surface area contributed by atoms with Crippen LogP contribution in [0.15, 0.2) is 33.5 Å². The highest BCUT2D eigenvalue weighted by molar-refractivity contribution is 5.84. The zero-order valence-corrected chi connectivity index (χ0v) is 10.6. The molecule has 96 valence electrons. The van der Waals surface area contributed by atoms with Crippen molar-refractivity contribution in [2.24, 2.45) is 0 Å². The lowest BCUT2D eigenvalue weighted by Crippen LogP contribution is -2.29. The molecule has 0 saturated heterocycles. The number of nitrogens with zero attached hydrogens (tertiary/aromatic N) is 1. The summed E-state index contributed by atoms with van der Waals surface area (Å²) in [6, 6.07) is 7.27. The maximum atomic E-state index is 12.1. The first-order chi connectivity index (χ1) is 8.72. The molecule has 1 aromatic carbocycles. The predicted molar refractivity (Wildman–Crippen MR) is 72.0 cm³/mol. The van der Waals surface area contributed by atoms with E-state index in [1.807, 2.05) is 36.9 Å². The second-order valence-corrected chi connectivity index (χ2v) is 4.04. The number of anilines is 1. The molecule has 0 saturated carbocycles. The van der Waals surface area contributed by atoms with Gasteiger partial charge >= 0.3 is 5.63 Å². The Morgan fingerprint density at radius 2 is 1.89 bits per heavy atom. The van der Waals surface area contributed by atoms with Crippen LogP contribution in [0.3, 0.4) is 0 Å². The second kappa shape index (κ2) is 5.23. The van der Waals surface area contributed by atoms with E-state index in [0.29, 0.717) is 29.9 Å². The van der Waals surface area contributed by atoms with E-state index in [9.17, 15) is 9.90 Å². The molecule has 0 bridgehead atoms. The third kappa shape index (κ3) is 1.99. The highest BCUT2D eigenvalue weighted by atomic mass is 16.4. The Bertz CT molecular complexity index is 600. The molecule has 0 radical (unpaired) electrons. The third-order valence-corrected chi connectivity index (χ3v) is 3.13. The van der Waals surface area contributed by atoms with Gasteiger partial charge in [-0.05, 0) is 19.9 Å². The minimum absolute atomic E-state index is 0.169. The largest absolute Gasteiger partial charge is 0.421 e. The van der Waals surface area contributed by atoms with Crippen molar-refractivity contribution in [3.63, 3.8) is 0 Å². The summed E-state index contributed by atoms with van der Waals surface area (Å²) in [6.45, 7) is 5.18. The van der Waals surface area contributed by atoms with Crippen LogP contribution in [-0.4, -0.2) is 18.2 Å². The molecule has 2 aromatic rings. The van der Waals surface area contributed by atoms with E-state index < -0.39 is 0 Å². The molecule has 0 atom stereocenters. The van der Waals surface area contributed by atoms with Gasteiger partial charge in [-0.2, -0.15) is 0 Å². The van der Waals surface area contributed by atoms with E-state index in [1.165, 1.54) is 0 Å². The minimum Gasteiger partial charge on any atom is -0.421 e. The number of para-hydroxylation sites is 1. The summed E-state index contributed by atoms with van der Waals surface area (Å²) in [7, 11) is 0. The summed E-state index contributed by atoms with van der Waals surface area (Å²) in [5.41, 5.74) is 1.25. The van der Waals surface area contributed by atoms with Crippen molar-refractivity contribution in [1.29, 1.82) is 0 Å². The van der Waals surface area contributed by atoms with Crippen molar-refractivity contribution in [3.8, 4) is 0 Å². The fourth-order valence-electron chi connectivity index (χ4n) is 2.22. The minimum atomic E-state index is -0.388. The van der Waals surface area contributed by atoms with Crippen LogP contribution in [-0.2, 0) is 6.61 Å². The summed E-state index contributed by atoms with van der Waals surface area (Å²) < 4.78 is 5.31. The van der Waals surface area contributed by atoms with Gasteiger partial charge in [0.05, 0.1) is 6.61 Å². The SMILES string of the molecule is CCN(CC)c1c(CO)c2ccccc2oc1=O. The molecular formula is C14H17NO3. The van der Waals surface area contributed by atoms with E-state index >= 15 is 0 Å². The van der Waals surface area contributed by atoms with E-state index in [2.05, 4.69) is 0 Å². The Labute approximate surface area is 105 Å². The molecule has 0 spiro atoms. The zero-order chi connectivity index (χ0) is 13.1. The molecule has 0 unspecified atom stereocenters. The van der Waals surface area contributed by atoms with Gasteiger partial charge in [-0.25, -0.2) is 4.79 Å². The van der Waals surface area contributed by atoms with Crippen LogP contribution in [0, 0.1) is 0 Å². The number of hydrogen-bond acceptors (Lipinski definition) is 4. The van der Waals surface area contributed by atoms with Gasteiger partial charge in [0.25, 0.3) is 0 Å². The van der Waals surface area contributed by atoms with E-state index in [0.717, 1.165) is 5.39 Å². The van der Waals surface area contributed by atoms with Crippen LogP contribution < -0.4 is 10.5 Å². The number of hydrogen-bond donors (Lipinski definition) is 1. The summed E-state index contributed by atoms with van der Waals surface area (Å²) in [5, 5.41) is 10.4. The van der Waals surface area contributed by atoms with Crippen molar-refractivity contribution >= 4 is 16.7 Å². The van der Waals surface area contributed by atoms with Gasteiger partial charge in [-0.1, -0.05) is 18.2 Å². The Balaban J connectivity index is 2.79. The molecule has 0 aliphatic carbocycles. The Morgan fingerprint density at radius 1 is 1.22 bits per heavy atom. The van der Waals surface area contributed by atoms with Crippen molar-refractivity contribution in [2.45, 2.75) is 20.5 Å². The molecule has 0 aliphatic heterocycles. The van der Waals surface area contributed by atoms with Crippen molar-refractivity contribution < 1.29 is 9.52 Å². The lowest BCUT2D eigenvalue weighted by atomic mass is 10.1. The molecule has 0 aliphatic rings. The Hall–Kier alpha value is -1.81. The molecule has 4 nitrogen and oxygen atoms in total. The molecule has 1 aromatic heterocycles. The summed E-state index contributed by atoms with van der Waals surface area (Å²) in [4.78, 5) is 14.0. The van der Waals surface area contributed by atoms with Gasteiger partial charge in [0.2, 0.25) is 0 Å². The molecular weight excluding hydrogens is 230 g/mol. The summed E-state index contributed by atoms with van der Waals surface area (Å²) in [5.74, 6) is 0. The molecule has 1 N–H and O–H groups in total. The highest BCUT2D eigenvalue weighted by Crippen LogP contribution is 2.25. The molecule has 0 fully saturated rings. The van der Waals surface area contributed by atoms with Crippen LogP contribution in [0.1, 0.15) is 19.4 Å². The standard InChI is InChI=1S/C14H17NO3/c1-3-15(4-2)13-11(9-16)10-7-5-6-8-12(10)18-14(13)17/h5-8,16H,3-4,9H2,1-2H3. The highest BCUT2D eigenvalue weighted by Gasteiger charge is 2.17. The molecule has 1 heterocycles. The summed E-state index contributed by atoms with van der Waals surface area (Å²) in [6.07, 6.45) is 0. The Morgan fingerprint density at radius 3 is 2.50 bits per heavy atom. The number of rotatable bonds is 4. The number of aliphatic hydroxyl groups excluding tert-OH is 1. The van der Waals surface area contributed by atoms with Crippen molar-refractivity contribution in [2.75, 3.05) is 18.0 Å². The topological polar surface area (TPSA) is 53.7 Å². The average molecular weight is 247 g/mol. The fraction of sp³-hybridized carbons (Fsp3) is 0.357. The monoisotopic (exact) mass is 247 g/mol. The van der Waals surface area contributed by atoms with Gasteiger partial charge in [0.15, 0.2) is 0 Å². The first-order valence-corrected chi connectivity index (χ1v) is 6.13. The molecule has 0 amide bonds. The van der Waals surface area contributed by atoms with E-state index in [1.54, 1.807) is 6.07 Å². The summed E-state index contributed by atoms with van der Waals surface area (Å²) >= 11 is 0. The quantitative estimate of drug-likeness (QED) is 0.841. The van der Waals surface area contributed by atoms with Crippen LogP contribution in [0.5, 0.6) is 0 Å². The van der Waals surface area contributed by atoms with E-state index in [-0.39, 0.29) is 12.2 Å². The van der Waals surface area contributed by atoms with Crippen molar-refractivity contribution in [3.05, 3.63) is 40.2 Å². The lowest BCUT2D eigenvalue weighted by molar-refractivity contribution is 0.282. The Kier molecular flexibility index (Phi) is 3.67. The zero-order valence-electron chi connectivity index (χ0n) is 10.6. The fourth-order valence-corrected chi connectivity index (χ4v) is 2.22. The van der Waals surface area contributed by atoms with Gasteiger partial charge < -0.3 is 14.4 Å². The molecule has 2 rings (SSSR count). The normalized spacial score (nSPS) is 10.8. The van der Waals surface area contributed by atoms with Crippen LogP contribution >= 0.6 is 0 Å². The van der Waals surface area contributed by atoms with Gasteiger partial charge in [-0.3, -0.25) is 0 Å². The number of fused-ring (bicyclic) bond motifs is 1. The maximum Gasteiger partial charge on any atom is 0.360 e. The van der Waals surface area contributed by atoms with Crippen LogP contribution in [0.4, 0.5) is 5.69 Å². The predicted octanol–water partition coefficient (Wildman–Crippen LogP) is 2.13. The van der Waals surface area contributed by atoms with Gasteiger partial charge in [0.1, 0.15) is 11.3 Å². The third-order valence-electron chi connectivity index (χ3n) is 3.13. The smallest absolute Gasteiger partial charge is 0.360 e. The molecule has 4 heteroatoms. The maximum absolute atomic E-state index is 12.1. The lowest BCUT2D eigenvalue weighted by Gasteiger charge is -2.22. The first-order valence-electron chi connectivity index (χ1n) is 6.13. The van der Waals surface area contributed by atoms with Gasteiger partial charge in [-0.15, -0.1) is 0 Å². The first kappa shape index (κ1) is 12.6. The number of benzene rings is 1. The molecule has 18 heavy (non-hydrogen) atoms. The van der Waals surface area contributed by atoms with Gasteiger partial charge in [0, 0.05) is 24.0 Å². The van der Waals surface area contributed by atoms with E-state index in [4.69, 9.17) is 4.42 Å². The van der Waals surface area contributed by atoms with Crippen LogP contribution in [0.2, 0.25) is 0 Å². The number of aliphatic hydroxyl groups is 1.